The Labute approximate surface area is 114 Å². The largest absolute Gasteiger partial charge is 0.477 e. The van der Waals surface area contributed by atoms with Crippen molar-refractivity contribution in [2.24, 2.45) is 0 Å². The van der Waals surface area contributed by atoms with Gasteiger partial charge in [-0.2, -0.15) is 0 Å². The highest BCUT2D eigenvalue weighted by Crippen LogP contribution is 2.28. The number of amides is 1. The zero-order valence-corrected chi connectivity index (χ0v) is 11.8. The van der Waals surface area contributed by atoms with Gasteiger partial charge in [-0.1, -0.05) is 19.1 Å². The van der Waals surface area contributed by atoms with E-state index in [4.69, 9.17) is 4.74 Å². The highest BCUT2D eigenvalue weighted by molar-refractivity contribution is 5.83. The van der Waals surface area contributed by atoms with Crippen LogP contribution >= 0.6 is 0 Å². The average Bonchev–Trinajstić information content (AvgIpc) is 2.43. The van der Waals surface area contributed by atoms with Crippen molar-refractivity contribution in [1.29, 1.82) is 0 Å². The lowest BCUT2D eigenvalue weighted by molar-refractivity contribution is -0.140. The molecular weight excluding hydrogens is 240 g/mol. The van der Waals surface area contributed by atoms with Gasteiger partial charge in [0.05, 0.1) is 12.2 Å². The van der Waals surface area contributed by atoms with Gasteiger partial charge in [0, 0.05) is 12.6 Å². The Morgan fingerprint density at radius 1 is 1.47 bits per heavy atom. The molecule has 1 aromatic carbocycles. The summed E-state index contributed by atoms with van der Waals surface area (Å²) in [6.07, 6.45) is 0.532. The number of rotatable bonds is 4. The Hall–Kier alpha value is -1.71. The Balaban J connectivity index is 2.09. The number of carbonyl (C=O) groups excluding carboxylic acids is 1. The third-order valence-corrected chi connectivity index (χ3v) is 3.28. The number of anilines is 1. The fourth-order valence-electron chi connectivity index (χ4n) is 2.30. The first-order valence-electron chi connectivity index (χ1n) is 6.93. The number of nitrogens with zero attached hydrogens (tertiary/aromatic N) is 1. The lowest BCUT2D eigenvalue weighted by atomic mass is 10.2. The minimum atomic E-state index is -0.427. The number of hydrogen-bond acceptors (Lipinski definition) is 3. The number of fused-ring (bicyclic) bond motifs is 1. The predicted molar refractivity (Wildman–Crippen MR) is 76.5 cm³/mol. The Morgan fingerprint density at radius 3 is 2.89 bits per heavy atom. The summed E-state index contributed by atoms with van der Waals surface area (Å²) in [6.45, 7) is 7.47. The number of carbonyl (C=O) groups is 1. The van der Waals surface area contributed by atoms with Crippen LogP contribution in [-0.4, -0.2) is 36.0 Å². The monoisotopic (exact) mass is 262 g/mol. The van der Waals surface area contributed by atoms with Crippen LogP contribution in [-0.2, 0) is 4.79 Å². The van der Waals surface area contributed by atoms with Crippen molar-refractivity contribution in [1.82, 2.24) is 4.90 Å². The molecule has 4 heteroatoms. The van der Waals surface area contributed by atoms with Crippen LogP contribution in [0.5, 0.6) is 5.75 Å². The van der Waals surface area contributed by atoms with Crippen LogP contribution in [0.4, 0.5) is 5.69 Å². The van der Waals surface area contributed by atoms with E-state index < -0.39 is 6.10 Å². The van der Waals surface area contributed by atoms with Crippen LogP contribution < -0.4 is 10.1 Å². The summed E-state index contributed by atoms with van der Waals surface area (Å²) in [4.78, 5) is 14.4. The van der Waals surface area contributed by atoms with Crippen LogP contribution in [0.15, 0.2) is 24.3 Å². The maximum atomic E-state index is 12.5. The lowest BCUT2D eigenvalue weighted by Crippen LogP contribution is -2.49. The van der Waals surface area contributed by atoms with Crippen molar-refractivity contribution in [3.63, 3.8) is 0 Å². The minimum absolute atomic E-state index is 0.0684. The van der Waals surface area contributed by atoms with E-state index >= 15 is 0 Å². The van der Waals surface area contributed by atoms with Crippen molar-refractivity contribution in [3.05, 3.63) is 24.3 Å². The smallest absolute Gasteiger partial charge is 0.265 e. The molecule has 19 heavy (non-hydrogen) atoms. The van der Waals surface area contributed by atoms with Crippen LogP contribution in [0, 0.1) is 0 Å². The predicted octanol–water partition coefficient (Wildman–Crippen LogP) is 2.51. The van der Waals surface area contributed by atoms with Crippen molar-refractivity contribution >= 4 is 11.6 Å². The van der Waals surface area contributed by atoms with Crippen LogP contribution in [0.2, 0.25) is 0 Å². The van der Waals surface area contributed by atoms with Crippen molar-refractivity contribution in [2.45, 2.75) is 39.3 Å². The molecule has 1 amide bonds. The van der Waals surface area contributed by atoms with E-state index in [0.29, 0.717) is 6.54 Å². The van der Waals surface area contributed by atoms with Gasteiger partial charge in [0.1, 0.15) is 5.75 Å². The molecule has 0 aliphatic carbocycles. The quantitative estimate of drug-likeness (QED) is 0.906. The lowest BCUT2D eigenvalue weighted by Gasteiger charge is -2.33. The number of hydrogen-bond donors (Lipinski definition) is 1. The van der Waals surface area contributed by atoms with E-state index in [2.05, 4.69) is 12.2 Å². The van der Waals surface area contributed by atoms with Crippen LogP contribution in [0.25, 0.3) is 0 Å². The number of benzene rings is 1. The summed E-state index contributed by atoms with van der Waals surface area (Å²) < 4.78 is 5.82. The van der Waals surface area contributed by atoms with E-state index in [0.717, 1.165) is 24.4 Å². The van der Waals surface area contributed by atoms with Gasteiger partial charge < -0.3 is 15.0 Å². The average molecular weight is 262 g/mol. The molecule has 1 atom stereocenters. The third kappa shape index (κ3) is 3.00. The van der Waals surface area contributed by atoms with Gasteiger partial charge in [0.25, 0.3) is 5.91 Å². The van der Waals surface area contributed by atoms with E-state index in [1.165, 1.54) is 0 Å². The minimum Gasteiger partial charge on any atom is -0.477 e. The Bertz CT molecular complexity index is 446. The summed E-state index contributed by atoms with van der Waals surface area (Å²) in [5.74, 6) is 0.825. The molecule has 2 rings (SSSR count). The molecule has 1 aliphatic rings. The number of ether oxygens (including phenoxy) is 1. The summed E-state index contributed by atoms with van der Waals surface area (Å²) >= 11 is 0. The van der Waals surface area contributed by atoms with E-state index in [1.54, 1.807) is 0 Å². The standard InChI is InChI=1S/C15H22N2O2/c1-4-9-17(11(2)3)15(18)14-10-16-12-7-5-6-8-13(12)19-14/h5-8,11,14,16H,4,9-10H2,1-3H3. The van der Waals surface area contributed by atoms with Gasteiger partial charge in [0.15, 0.2) is 6.10 Å². The van der Waals surface area contributed by atoms with Gasteiger partial charge in [-0.05, 0) is 32.4 Å². The third-order valence-electron chi connectivity index (χ3n) is 3.28. The molecule has 1 N–H and O–H groups in total. The van der Waals surface area contributed by atoms with Crippen molar-refractivity contribution in [3.8, 4) is 5.75 Å². The zero-order chi connectivity index (χ0) is 13.8. The fourth-order valence-corrected chi connectivity index (χ4v) is 2.30. The van der Waals surface area contributed by atoms with Gasteiger partial charge in [0.2, 0.25) is 0 Å². The summed E-state index contributed by atoms with van der Waals surface area (Å²) in [6, 6.07) is 7.92. The topological polar surface area (TPSA) is 41.6 Å². The van der Waals surface area contributed by atoms with Crippen molar-refractivity contribution < 1.29 is 9.53 Å². The van der Waals surface area contributed by atoms with Crippen LogP contribution in [0.1, 0.15) is 27.2 Å². The molecule has 0 saturated carbocycles. The zero-order valence-electron chi connectivity index (χ0n) is 11.8. The van der Waals surface area contributed by atoms with Gasteiger partial charge in [-0.3, -0.25) is 4.79 Å². The maximum absolute atomic E-state index is 12.5. The molecular formula is C15H22N2O2. The van der Waals surface area contributed by atoms with E-state index in [-0.39, 0.29) is 11.9 Å². The normalized spacial score (nSPS) is 17.4. The Morgan fingerprint density at radius 2 is 2.21 bits per heavy atom. The molecule has 0 saturated heterocycles. The van der Waals surface area contributed by atoms with Gasteiger partial charge in [-0.25, -0.2) is 0 Å². The summed E-state index contributed by atoms with van der Waals surface area (Å²) in [5.41, 5.74) is 0.957. The first kappa shape index (κ1) is 13.7. The number of para-hydroxylation sites is 2. The molecule has 104 valence electrons. The molecule has 1 unspecified atom stereocenters. The SMILES string of the molecule is CCCN(C(=O)C1CNc2ccccc2O1)C(C)C. The van der Waals surface area contributed by atoms with Crippen LogP contribution in [0.3, 0.4) is 0 Å². The molecule has 0 spiro atoms. The second kappa shape index (κ2) is 5.95. The highest BCUT2D eigenvalue weighted by Gasteiger charge is 2.30. The first-order valence-corrected chi connectivity index (χ1v) is 6.93. The molecule has 0 bridgehead atoms. The second-order valence-electron chi connectivity index (χ2n) is 5.11. The summed E-state index contributed by atoms with van der Waals surface area (Å²) in [7, 11) is 0. The Kier molecular flexibility index (Phi) is 4.30. The fraction of sp³-hybridized carbons (Fsp3) is 0.533. The highest BCUT2D eigenvalue weighted by atomic mass is 16.5. The molecule has 0 fully saturated rings. The molecule has 0 aromatic heterocycles. The maximum Gasteiger partial charge on any atom is 0.265 e. The molecule has 1 aromatic rings. The van der Waals surface area contributed by atoms with Gasteiger partial charge in [-0.15, -0.1) is 0 Å². The molecule has 4 nitrogen and oxygen atoms in total. The van der Waals surface area contributed by atoms with E-state index in [9.17, 15) is 4.79 Å². The summed E-state index contributed by atoms with van der Waals surface area (Å²) in [5, 5.41) is 3.26. The number of nitrogens with one attached hydrogen (secondary N) is 1. The van der Waals surface area contributed by atoms with Gasteiger partial charge >= 0.3 is 0 Å². The van der Waals surface area contributed by atoms with Crippen molar-refractivity contribution in [2.75, 3.05) is 18.4 Å². The molecule has 1 aliphatic heterocycles. The molecule has 0 radical (unpaired) electrons. The second-order valence-corrected chi connectivity index (χ2v) is 5.11. The first-order chi connectivity index (χ1) is 9.13. The van der Waals surface area contributed by atoms with E-state index in [1.807, 2.05) is 43.0 Å². The molecule has 1 heterocycles.